The normalized spacial score (nSPS) is 16.3. The number of hydrogen-bond donors (Lipinski definition) is 3. The Labute approximate surface area is 232 Å². The highest BCUT2D eigenvalue weighted by molar-refractivity contribution is 7.87. The number of nitrogens with one attached hydrogen (secondary N) is 3. The second kappa shape index (κ2) is 10.4. The maximum atomic E-state index is 13.6. The molecule has 0 unspecified atom stereocenters. The lowest BCUT2D eigenvalue weighted by atomic mass is 9.81. The maximum absolute atomic E-state index is 13.6. The summed E-state index contributed by atoms with van der Waals surface area (Å²) in [5, 5.41) is 4.60. The number of benzene rings is 2. The molecule has 0 saturated carbocycles. The number of halogens is 2. The van der Waals surface area contributed by atoms with Crippen molar-refractivity contribution >= 4 is 56.3 Å². The van der Waals surface area contributed by atoms with Crippen LogP contribution in [0.5, 0.6) is 0 Å². The number of nitrogens with zero attached hydrogens (tertiary/aromatic N) is 1. The SMILES string of the molecule is Cc1c(C(=O)NC2(c3ccccc3)CCN(S(=O)(=O)NC(=O)OC(C)(C)C)CC2)[nH]c2ccc(Cl)c(Cl)c12. The van der Waals surface area contributed by atoms with Gasteiger partial charge in [-0.05, 0) is 63.8 Å². The van der Waals surface area contributed by atoms with E-state index in [0.29, 0.717) is 32.2 Å². The van der Waals surface area contributed by atoms with E-state index in [2.05, 4.69) is 10.3 Å². The van der Waals surface area contributed by atoms with E-state index in [4.69, 9.17) is 27.9 Å². The molecule has 1 fully saturated rings. The maximum Gasteiger partial charge on any atom is 0.422 e. The molecule has 1 aromatic heterocycles. The molecule has 0 bridgehead atoms. The highest BCUT2D eigenvalue weighted by Crippen LogP contribution is 2.37. The van der Waals surface area contributed by atoms with Gasteiger partial charge < -0.3 is 15.0 Å². The molecule has 38 heavy (non-hydrogen) atoms. The van der Waals surface area contributed by atoms with Crippen molar-refractivity contribution in [1.82, 2.24) is 19.3 Å². The molecule has 0 spiro atoms. The molecule has 1 saturated heterocycles. The van der Waals surface area contributed by atoms with Gasteiger partial charge in [0.15, 0.2) is 0 Å². The average molecular weight is 582 g/mol. The Kier molecular flexibility index (Phi) is 7.73. The lowest BCUT2D eigenvalue weighted by Crippen LogP contribution is -2.56. The molecule has 204 valence electrons. The standard InChI is InChI=1S/C26H30Cl2N4O5S/c1-16-20-19(11-10-18(27)21(20)28)29-22(16)23(33)30-26(17-8-6-5-7-9-17)12-14-32(15-13-26)38(35,36)31-24(34)37-25(2,3)4/h5-11,29H,12-15H2,1-4H3,(H,30,33)(H,31,34). The van der Waals surface area contributed by atoms with Crippen LogP contribution in [0.4, 0.5) is 4.79 Å². The zero-order valence-corrected chi connectivity index (χ0v) is 23.9. The zero-order chi connectivity index (χ0) is 27.9. The van der Waals surface area contributed by atoms with E-state index in [1.165, 1.54) is 4.31 Å². The Morgan fingerprint density at radius 3 is 2.29 bits per heavy atom. The molecule has 2 aromatic carbocycles. The molecule has 1 aliphatic rings. The fraction of sp³-hybridized carbons (Fsp3) is 0.385. The predicted molar refractivity (Wildman–Crippen MR) is 148 cm³/mol. The fourth-order valence-corrected chi connectivity index (χ4v) is 6.21. The van der Waals surface area contributed by atoms with Crippen LogP contribution < -0.4 is 10.0 Å². The predicted octanol–water partition coefficient (Wildman–Crippen LogP) is 5.27. The average Bonchev–Trinajstić information content (AvgIpc) is 3.18. The third-order valence-electron chi connectivity index (χ3n) is 6.54. The molecule has 1 aliphatic heterocycles. The molecule has 2 amide bonds. The number of aromatic amines is 1. The van der Waals surface area contributed by atoms with Gasteiger partial charge in [0.1, 0.15) is 11.3 Å². The van der Waals surface area contributed by atoms with Crippen molar-refractivity contribution in [3.63, 3.8) is 0 Å². The number of H-pyrrole nitrogens is 1. The van der Waals surface area contributed by atoms with E-state index in [1.807, 2.05) is 35.1 Å². The summed E-state index contributed by atoms with van der Waals surface area (Å²) < 4.78 is 34.0. The van der Waals surface area contributed by atoms with Crippen molar-refractivity contribution in [3.05, 3.63) is 69.3 Å². The summed E-state index contributed by atoms with van der Waals surface area (Å²) in [6.07, 6.45) is -0.480. The van der Waals surface area contributed by atoms with Gasteiger partial charge >= 0.3 is 16.3 Å². The number of carbonyl (C=O) groups excluding carboxylic acids is 2. The lowest BCUT2D eigenvalue weighted by molar-refractivity contribution is 0.0566. The number of fused-ring (bicyclic) bond motifs is 1. The van der Waals surface area contributed by atoms with Gasteiger partial charge in [-0.1, -0.05) is 53.5 Å². The fourth-order valence-electron chi connectivity index (χ4n) is 4.70. The Hall–Kier alpha value is -2.79. The lowest BCUT2D eigenvalue weighted by Gasteiger charge is -2.42. The molecule has 3 aromatic rings. The van der Waals surface area contributed by atoms with Crippen LogP contribution in [-0.4, -0.2) is 48.4 Å². The van der Waals surface area contributed by atoms with Gasteiger partial charge in [0.2, 0.25) is 0 Å². The Morgan fingerprint density at radius 2 is 1.68 bits per heavy atom. The van der Waals surface area contributed by atoms with Crippen LogP contribution in [0.2, 0.25) is 10.0 Å². The zero-order valence-electron chi connectivity index (χ0n) is 21.5. The van der Waals surface area contributed by atoms with Gasteiger partial charge in [0, 0.05) is 24.0 Å². The molecule has 0 radical (unpaired) electrons. The van der Waals surface area contributed by atoms with Crippen molar-refractivity contribution < 1.29 is 22.7 Å². The van der Waals surface area contributed by atoms with Gasteiger partial charge in [-0.3, -0.25) is 4.79 Å². The second-order valence-corrected chi connectivity index (χ2v) is 12.8. The van der Waals surface area contributed by atoms with E-state index < -0.39 is 27.4 Å². The molecule has 3 N–H and O–H groups in total. The Balaban J connectivity index is 1.59. The third kappa shape index (κ3) is 5.78. The van der Waals surface area contributed by atoms with Crippen LogP contribution in [0.1, 0.15) is 55.2 Å². The minimum atomic E-state index is -4.14. The van der Waals surface area contributed by atoms with Crippen molar-refractivity contribution in [2.75, 3.05) is 13.1 Å². The van der Waals surface area contributed by atoms with Crippen LogP contribution >= 0.6 is 23.2 Å². The first-order valence-corrected chi connectivity index (χ1v) is 14.3. The van der Waals surface area contributed by atoms with Crippen molar-refractivity contribution in [1.29, 1.82) is 0 Å². The summed E-state index contributed by atoms with van der Waals surface area (Å²) in [5.74, 6) is -0.349. The summed E-state index contributed by atoms with van der Waals surface area (Å²) in [7, 11) is -4.14. The van der Waals surface area contributed by atoms with Crippen molar-refractivity contribution in [2.45, 2.75) is 51.7 Å². The van der Waals surface area contributed by atoms with E-state index in [-0.39, 0.29) is 31.8 Å². The number of ether oxygens (including phenoxy) is 1. The summed E-state index contributed by atoms with van der Waals surface area (Å²) in [6.45, 7) is 6.88. The number of amides is 2. The first-order valence-electron chi connectivity index (χ1n) is 12.1. The largest absolute Gasteiger partial charge is 0.443 e. The van der Waals surface area contributed by atoms with Gasteiger partial charge in [-0.15, -0.1) is 0 Å². The Morgan fingerprint density at radius 1 is 1.05 bits per heavy atom. The highest BCUT2D eigenvalue weighted by atomic mass is 35.5. The molecular weight excluding hydrogens is 551 g/mol. The van der Waals surface area contributed by atoms with E-state index in [0.717, 1.165) is 5.56 Å². The molecule has 0 atom stereocenters. The highest BCUT2D eigenvalue weighted by Gasteiger charge is 2.41. The van der Waals surface area contributed by atoms with Gasteiger partial charge in [0.25, 0.3) is 5.91 Å². The minimum Gasteiger partial charge on any atom is -0.443 e. The molecular formula is C26H30Cl2N4O5S. The number of aryl methyl sites for hydroxylation is 1. The van der Waals surface area contributed by atoms with Gasteiger partial charge in [-0.2, -0.15) is 12.7 Å². The van der Waals surface area contributed by atoms with Gasteiger partial charge in [-0.25, -0.2) is 9.52 Å². The van der Waals surface area contributed by atoms with Crippen molar-refractivity contribution in [2.24, 2.45) is 0 Å². The second-order valence-electron chi connectivity index (χ2n) is 10.3. The summed E-state index contributed by atoms with van der Waals surface area (Å²) in [5.41, 5.74) is 0.854. The number of hydrogen-bond acceptors (Lipinski definition) is 5. The van der Waals surface area contributed by atoms with E-state index in [9.17, 15) is 18.0 Å². The van der Waals surface area contributed by atoms with Crippen molar-refractivity contribution in [3.8, 4) is 0 Å². The quantitative estimate of drug-likeness (QED) is 0.379. The number of aromatic nitrogens is 1. The van der Waals surface area contributed by atoms with Gasteiger partial charge in [0.05, 0.1) is 15.6 Å². The molecule has 0 aliphatic carbocycles. The molecule has 2 heterocycles. The first kappa shape index (κ1) is 28.2. The van der Waals surface area contributed by atoms with E-state index >= 15 is 0 Å². The summed E-state index contributed by atoms with van der Waals surface area (Å²) in [4.78, 5) is 28.9. The molecule has 12 heteroatoms. The number of carbonyl (C=O) groups is 2. The third-order valence-corrected chi connectivity index (χ3v) is 8.81. The number of rotatable bonds is 5. The first-order chi connectivity index (χ1) is 17.7. The topological polar surface area (TPSA) is 121 Å². The smallest absolute Gasteiger partial charge is 0.422 e. The summed E-state index contributed by atoms with van der Waals surface area (Å²) in [6, 6.07) is 12.8. The minimum absolute atomic E-state index is 0.0699. The van der Waals surface area contributed by atoms with Crippen LogP contribution in [0.15, 0.2) is 42.5 Å². The summed E-state index contributed by atoms with van der Waals surface area (Å²) >= 11 is 12.6. The van der Waals surface area contributed by atoms with Crippen LogP contribution in [0, 0.1) is 6.92 Å². The van der Waals surface area contributed by atoms with Crippen LogP contribution in [0.3, 0.4) is 0 Å². The van der Waals surface area contributed by atoms with E-state index in [1.54, 1.807) is 39.8 Å². The van der Waals surface area contributed by atoms with Crippen LogP contribution in [-0.2, 0) is 20.5 Å². The van der Waals surface area contributed by atoms with Crippen LogP contribution in [0.25, 0.3) is 10.9 Å². The molecule has 9 nitrogen and oxygen atoms in total. The monoisotopic (exact) mass is 580 g/mol. The molecule has 4 rings (SSSR count). The Bertz CT molecular complexity index is 1470. The number of piperidine rings is 1.